The van der Waals surface area contributed by atoms with Gasteiger partial charge >= 0.3 is 0 Å². The molecule has 2 nitrogen and oxygen atoms in total. The summed E-state index contributed by atoms with van der Waals surface area (Å²) in [5.41, 5.74) is 0. The summed E-state index contributed by atoms with van der Waals surface area (Å²) in [5.74, 6) is 0.996. The van der Waals surface area contributed by atoms with E-state index < -0.39 is 0 Å². The van der Waals surface area contributed by atoms with E-state index in [2.05, 4.69) is 0 Å². The third-order valence-corrected chi connectivity index (χ3v) is 3.11. The topological polar surface area (TPSA) is 26.3 Å². The molecule has 0 aromatic rings. The van der Waals surface area contributed by atoms with Crippen LogP contribution in [-0.4, -0.2) is 24.4 Å². The van der Waals surface area contributed by atoms with Gasteiger partial charge in [0, 0.05) is 18.4 Å². The fourth-order valence-electron chi connectivity index (χ4n) is 1.94. The largest absolute Gasteiger partial charge is 0.378 e. The summed E-state index contributed by atoms with van der Waals surface area (Å²) >= 11 is 5.65. The molecule has 1 saturated heterocycles. The van der Waals surface area contributed by atoms with Gasteiger partial charge in [-0.1, -0.05) is 0 Å². The molecule has 1 heterocycles. The quantitative estimate of drug-likeness (QED) is 0.641. The number of hydrogen-bond donors (Lipinski definition) is 0. The van der Waals surface area contributed by atoms with Gasteiger partial charge in [-0.05, 0) is 39.0 Å². The van der Waals surface area contributed by atoms with Crippen molar-refractivity contribution >= 4 is 17.4 Å². The second kappa shape index (κ2) is 6.41. The molecule has 0 saturated carbocycles. The van der Waals surface area contributed by atoms with Gasteiger partial charge < -0.3 is 4.74 Å². The highest BCUT2D eigenvalue weighted by Gasteiger charge is 2.19. The van der Waals surface area contributed by atoms with Crippen LogP contribution in [0.15, 0.2) is 0 Å². The molecule has 0 aromatic heterocycles. The molecule has 0 N–H and O–H groups in total. The van der Waals surface area contributed by atoms with Crippen LogP contribution in [0.4, 0.5) is 0 Å². The molecule has 0 radical (unpaired) electrons. The maximum absolute atomic E-state index is 11.2. The Kier molecular flexibility index (Phi) is 5.49. The lowest BCUT2D eigenvalue weighted by Gasteiger charge is -2.14. The van der Waals surface area contributed by atoms with E-state index >= 15 is 0 Å². The summed E-state index contributed by atoms with van der Waals surface area (Å²) in [4.78, 5) is 11.2. The summed E-state index contributed by atoms with van der Waals surface area (Å²) in [6.07, 6.45) is 5.49. The summed E-state index contributed by atoms with van der Waals surface area (Å²) < 4.78 is 5.52. The van der Waals surface area contributed by atoms with Crippen molar-refractivity contribution in [3.8, 4) is 0 Å². The molecule has 2 unspecified atom stereocenters. The highest BCUT2D eigenvalue weighted by atomic mass is 35.5. The number of carbonyl (C=O) groups excluding carboxylic acids is 1. The van der Waals surface area contributed by atoms with Crippen LogP contribution in [0.5, 0.6) is 0 Å². The summed E-state index contributed by atoms with van der Waals surface area (Å²) in [5, 5.41) is 0. The first kappa shape index (κ1) is 12.0. The Hall–Kier alpha value is -0.0800. The van der Waals surface area contributed by atoms with Gasteiger partial charge in [0.1, 0.15) is 5.78 Å². The smallest absolute Gasteiger partial charge is 0.132 e. The van der Waals surface area contributed by atoms with Crippen molar-refractivity contribution in [2.45, 2.75) is 45.1 Å². The summed E-state index contributed by atoms with van der Waals surface area (Å²) in [6, 6.07) is 0. The zero-order chi connectivity index (χ0) is 10.4. The van der Waals surface area contributed by atoms with Crippen molar-refractivity contribution in [2.75, 3.05) is 12.5 Å². The number of hydrogen-bond acceptors (Lipinski definition) is 2. The number of halogens is 1. The molecular weight excluding hydrogens is 200 g/mol. The number of Topliss-reactive ketones (excluding diaryl/α,β-unsaturated/α-hetero) is 1. The van der Waals surface area contributed by atoms with Gasteiger partial charge in [-0.15, -0.1) is 11.6 Å². The Balaban J connectivity index is 2.21. The van der Waals surface area contributed by atoms with Gasteiger partial charge in [0.05, 0.1) is 6.10 Å². The Labute approximate surface area is 91.0 Å². The van der Waals surface area contributed by atoms with E-state index in [4.69, 9.17) is 16.3 Å². The summed E-state index contributed by atoms with van der Waals surface area (Å²) in [6.45, 7) is 2.55. The average Bonchev–Trinajstić information content (AvgIpc) is 2.64. The Morgan fingerprint density at radius 2 is 2.36 bits per heavy atom. The third-order valence-electron chi connectivity index (χ3n) is 2.89. The fourth-order valence-corrected chi connectivity index (χ4v) is 2.21. The van der Waals surface area contributed by atoms with E-state index in [1.54, 1.807) is 6.92 Å². The number of alkyl halides is 1. The predicted molar refractivity (Wildman–Crippen MR) is 57.7 cm³/mol. The van der Waals surface area contributed by atoms with Gasteiger partial charge in [0.25, 0.3) is 0 Å². The number of ketones is 1. The second-order valence-electron chi connectivity index (χ2n) is 4.00. The molecule has 1 rings (SSSR count). The molecule has 0 spiro atoms. The van der Waals surface area contributed by atoms with E-state index in [0.29, 0.717) is 12.0 Å². The van der Waals surface area contributed by atoms with Gasteiger partial charge in [-0.3, -0.25) is 4.79 Å². The minimum Gasteiger partial charge on any atom is -0.378 e. The maximum Gasteiger partial charge on any atom is 0.132 e. The highest BCUT2D eigenvalue weighted by molar-refractivity contribution is 6.18. The molecule has 14 heavy (non-hydrogen) atoms. The molecule has 82 valence electrons. The Bertz CT molecular complexity index is 176. The second-order valence-corrected chi connectivity index (χ2v) is 4.38. The van der Waals surface area contributed by atoms with Crippen molar-refractivity contribution < 1.29 is 9.53 Å². The lowest BCUT2D eigenvalue weighted by atomic mass is 9.94. The van der Waals surface area contributed by atoms with Crippen LogP contribution < -0.4 is 0 Å². The zero-order valence-electron chi connectivity index (χ0n) is 8.80. The number of ether oxygens (including phenoxy) is 1. The van der Waals surface area contributed by atoms with Crippen LogP contribution in [0.3, 0.4) is 0 Å². The molecule has 0 aromatic carbocycles. The average molecular weight is 219 g/mol. The van der Waals surface area contributed by atoms with Crippen LogP contribution >= 0.6 is 11.6 Å². The van der Waals surface area contributed by atoms with Crippen LogP contribution in [0.2, 0.25) is 0 Å². The van der Waals surface area contributed by atoms with Gasteiger partial charge in [0.2, 0.25) is 0 Å². The number of carbonyl (C=O) groups is 1. The normalized spacial score (nSPS) is 23.7. The van der Waals surface area contributed by atoms with E-state index in [1.807, 2.05) is 0 Å². The maximum atomic E-state index is 11.2. The third kappa shape index (κ3) is 3.97. The van der Waals surface area contributed by atoms with Crippen LogP contribution in [0, 0.1) is 5.92 Å². The zero-order valence-corrected chi connectivity index (χ0v) is 9.55. The van der Waals surface area contributed by atoms with Gasteiger partial charge in [-0.25, -0.2) is 0 Å². The summed E-state index contributed by atoms with van der Waals surface area (Å²) in [7, 11) is 0. The van der Waals surface area contributed by atoms with Crippen molar-refractivity contribution in [2.24, 2.45) is 5.92 Å². The minimum absolute atomic E-state index is 0.150. The first-order valence-corrected chi connectivity index (χ1v) is 5.95. The molecule has 2 atom stereocenters. The highest BCUT2D eigenvalue weighted by Crippen LogP contribution is 2.21. The first-order chi connectivity index (χ1) is 6.74. The molecule has 0 bridgehead atoms. The van der Waals surface area contributed by atoms with Crippen LogP contribution in [0.25, 0.3) is 0 Å². The SMILES string of the molecule is CC(=O)C(CCCl)CCC1CCCO1. The Morgan fingerprint density at radius 3 is 2.86 bits per heavy atom. The lowest BCUT2D eigenvalue weighted by Crippen LogP contribution is -2.15. The molecule has 1 aliphatic heterocycles. The standard InChI is InChI=1S/C11H19ClO2/c1-9(13)10(6-7-12)4-5-11-3-2-8-14-11/h10-11H,2-8H2,1H3. The molecule has 1 aliphatic rings. The van der Waals surface area contributed by atoms with Crippen LogP contribution in [-0.2, 0) is 9.53 Å². The van der Waals surface area contributed by atoms with Crippen molar-refractivity contribution in [1.82, 2.24) is 0 Å². The van der Waals surface area contributed by atoms with E-state index in [0.717, 1.165) is 32.3 Å². The van der Waals surface area contributed by atoms with E-state index in [9.17, 15) is 4.79 Å². The predicted octanol–water partition coefficient (Wildman–Crippen LogP) is 2.78. The molecule has 1 fully saturated rings. The fraction of sp³-hybridized carbons (Fsp3) is 0.909. The van der Waals surface area contributed by atoms with Crippen LogP contribution in [0.1, 0.15) is 39.0 Å². The molecule has 3 heteroatoms. The first-order valence-electron chi connectivity index (χ1n) is 5.42. The molecular formula is C11H19ClO2. The monoisotopic (exact) mass is 218 g/mol. The van der Waals surface area contributed by atoms with E-state index in [-0.39, 0.29) is 11.7 Å². The van der Waals surface area contributed by atoms with E-state index in [1.165, 1.54) is 6.42 Å². The van der Waals surface area contributed by atoms with Crippen molar-refractivity contribution in [3.63, 3.8) is 0 Å². The van der Waals surface area contributed by atoms with Gasteiger partial charge in [0.15, 0.2) is 0 Å². The van der Waals surface area contributed by atoms with Gasteiger partial charge in [-0.2, -0.15) is 0 Å². The molecule has 0 amide bonds. The van der Waals surface area contributed by atoms with Crippen molar-refractivity contribution in [3.05, 3.63) is 0 Å². The Morgan fingerprint density at radius 1 is 1.57 bits per heavy atom. The lowest BCUT2D eigenvalue weighted by molar-refractivity contribution is -0.121. The number of rotatable bonds is 6. The minimum atomic E-state index is 0.150. The molecule has 0 aliphatic carbocycles. The van der Waals surface area contributed by atoms with Crippen molar-refractivity contribution in [1.29, 1.82) is 0 Å².